The van der Waals surface area contributed by atoms with Crippen LogP contribution >= 0.6 is 0 Å². The number of nitrogens with two attached hydrogens (primary N) is 1. The molecule has 0 radical (unpaired) electrons. The highest BCUT2D eigenvalue weighted by Crippen LogP contribution is 2.27. The Kier molecular flexibility index (Phi) is 4.68. The Hall–Kier alpha value is -2.84. The quantitative estimate of drug-likeness (QED) is 0.874. The summed E-state index contributed by atoms with van der Waals surface area (Å²) in [4.78, 5) is 22.5. The Labute approximate surface area is 129 Å². The molecule has 2 rings (SSSR count). The largest absolute Gasteiger partial charge is 0.435 e. The molecular formula is C14H13F3N4O2. The van der Waals surface area contributed by atoms with E-state index in [0.29, 0.717) is 11.3 Å². The zero-order valence-electron chi connectivity index (χ0n) is 11.8. The smallest absolute Gasteiger partial charge is 0.369 e. The number of carbonyl (C=O) groups is 2. The van der Waals surface area contributed by atoms with Crippen molar-refractivity contribution < 1.29 is 22.8 Å². The van der Waals surface area contributed by atoms with E-state index in [9.17, 15) is 22.8 Å². The molecule has 1 heterocycles. The van der Waals surface area contributed by atoms with Crippen LogP contribution in [-0.2, 0) is 28.7 Å². The summed E-state index contributed by atoms with van der Waals surface area (Å²) in [5.41, 5.74) is 5.15. The maximum absolute atomic E-state index is 12.4. The molecule has 0 atom stereocenters. The van der Waals surface area contributed by atoms with Gasteiger partial charge in [0.05, 0.1) is 6.42 Å². The van der Waals surface area contributed by atoms with E-state index in [1.165, 1.54) is 0 Å². The van der Waals surface area contributed by atoms with E-state index in [4.69, 9.17) is 5.73 Å². The minimum absolute atomic E-state index is 0.0851. The summed E-state index contributed by atoms with van der Waals surface area (Å²) in [5.74, 6) is -0.995. The lowest BCUT2D eigenvalue weighted by molar-refractivity contribution is -0.141. The highest BCUT2D eigenvalue weighted by molar-refractivity contribution is 5.90. The molecule has 3 N–H and O–H groups in total. The third kappa shape index (κ3) is 4.83. The van der Waals surface area contributed by atoms with Crippen molar-refractivity contribution in [3.05, 3.63) is 47.8 Å². The number of hydrogen-bond donors (Lipinski definition) is 2. The summed E-state index contributed by atoms with van der Waals surface area (Å²) in [6.45, 7) is -0.348. The number of aromatic nitrogens is 2. The maximum atomic E-state index is 12.4. The topological polar surface area (TPSA) is 90.0 Å². The Balaban J connectivity index is 1.94. The lowest BCUT2D eigenvalue weighted by Gasteiger charge is -2.06. The summed E-state index contributed by atoms with van der Waals surface area (Å²) in [6, 6.07) is 7.18. The van der Waals surface area contributed by atoms with Gasteiger partial charge in [-0.05, 0) is 23.8 Å². The molecule has 1 aromatic heterocycles. The molecule has 0 aliphatic heterocycles. The molecule has 0 bridgehead atoms. The summed E-state index contributed by atoms with van der Waals surface area (Å²) >= 11 is 0. The van der Waals surface area contributed by atoms with Gasteiger partial charge in [-0.25, -0.2) is 0 Å². The van der Waals surface area contributed by atoms with Gasteiger partial charge in [-0.3, -0.25) is 14.3 Å². The predicted octanol–water partition coefficient (Wildman–Crippen LogP) is 1.57. The average Bonchev–Trinajstić information content (AvgIpc) is 2.89. The molecule has 2 amide bonds. The summed E-state index contributed by atoms with van der Waals surface area (Å²) < 4.78 is 38.1. The molecule has 0 unspecified atom stereocenters. The Morgan fingerprint density at radius 1 is 1.17 bits per heavy atom. The zero-order chi connectivity index (χ0) is 17.0. The molecule has 0 saturated carbocycles. The number of hydrogen-bond acceptors (Lipinski definition) is 3. The van der Waals surface area contributed by atoms with Crippen LogP contribution in [0.15, 0.2) is 36.5 Å². The van der Waals surface area contributed by atoms with Crippen molar-refractivity contribution in [3.8, 4) is 0 Å². The first-order chi connectivity index (χ1) is 10.7. The minimum Gasteiger partial charge on any atom is -0.369 e. The van der Waals surface area contributed by atoms with E-state index in [2.05, 4.69) is 10.4 Å². The van der Waals surface area contributed by atoms with E-state index in [1.807, 2.05) is 0 Å². The second kappa shape index (κ2) is 6.51. The van der Waals surface area contributed by atoms with Gasteiger partial charge in [0, 0.05) is 11.9 Å². The molecule has 6 nitrogen and oxygen atoms in total. The standard InChI is InChI=1S/C14H13F3N4O2/c15-14(16,17)11-5-6-21(20-11)8-13(23)19-10-3-1-9(2-4-10)7-12(18)22/h1-6H,7-8H2,(H2,18,22)(H,19,23). The first-order valence-electron chi connectivity index (χ1n) is 6.52. The highest BCUT2D eigenvalue weighted by Gasteiger charge is 2.33. The van der Waals surface area contributed by atoms with Gasteiger partial charge in [0.1, 0.15) is 6.54 Å². The first kappa shape index (κ1) is 16.5. The molecule has 0 saturated heterocycles. The van der Waals surface area contributed by atoms with Crippen molar-refractivity contribution in [2.24, 2.45) is 5.73 Å². The Morgan fingerprint density at radius 2 is 1.83 bits per heavy atom. The van der Waals surface area contributed by atoms with Gasteiger partial charge >= 0.3 is 6.18 Å². The lowest BCUT2D eigenvalue weighted by atomic mass is 10.1. The summed E-state index contributed by atoms with van der Waals surface area (Å²) in [6.07, 6.45) is -3.38. The molecule has 1 aromatic carbocycles. The molecule has 23 heavy (non-hydrogen) atoms. The monoisotopic (exact) mass is 326 g/mol. The number of primary amides is 1. The number of rotatable bonds is 5. The lowest BCUT2D eigenvalue weighted by Crippen LogP contribution is -2.20. The number of anilines is 1. The van der Waals surface area contributed by atoms with Crippen molar-refractivity contribution >= 4 is 17.5 Å². The predicted molar refractivity (Wildman–Crippen MR) is 75.2 cm³/mol. The summed E-state index contributed by atoms with van der Waals surface area (Å²) in [5, 5.41) is 5.81. The van der Waals surface area contributed by atoms with E-state index in [-0.39, 0.29) is 13.0 Å². The molecule has 9 heteroatoms. The van der Waals surface area contributed by atoms with Crippen molar-refractivity contribution in [1.29, 1.82) is 0 Å². The number of alkyl halides is 3. The van der Waals surface area contributed by atoms with Crippen molar-refractivity contribution in [2.75, 3.05) is 5.32 Å². The molecule has 0 spiro atoms. The third-order valence-corrected chi connectivity index (χ3v) is 2.85. The fraction of sp³-hybridized carbons (Fsp3) is 0.214. The molecular weight excluding hydrogens is 313 g/mol. The average molecular weight is 326 g/mol. The molecule has 122 valence electrons. The number of benzene rings is 1. The molecule has 0 fully saturated rings. The minimum atomic E-state index is -4.54. The maximum Gasteiger partial charge on any atom is 0.435 e. The molecule has 0 aliphatic carbocycles. The van der Waals surface area contributed by atoms with Gasteiger partial charge in [-0.15, -0.1) is 0 Å². The molecule has 2 aromatic rings. The number of amides is 2. The van der Waals surface area contributed by atoms with Gasteiger partial charge in [0.25, 0.3) is 0 Å². The van der Waals surface area contributed by atoms with Crippen LogP contribution in [0.1, 0.15) is 11.3 Å². The van der Waals surface area contributed by atoms with E-state index in [1.54, 1.807) is 24.3 Å². The van der Waals surface area contributed by atoms with Gasteiger partial charge in [0.15, 0.2) is 5.69 Å². The van der Waals surface area contributed by atoms with Gasteiger partial charge in [0.2, 0.25) is 11.8 Å². The number of nitrogens with one attached hydrogen (secondary N) is 1. The van der Waals surface area contributed by atoms with Gasteiger partial charge in [-0.1, -0.05) is 12.1 Å². The normalized spacial score (nSPS) is 11.3. The van der Waals surface area contributed by atoms with Gasteiger partial charge < -0.3 is 11.1 Å². The number of carbonyl (C=O) groups excluding carboxylic acids is 2. The fourth-order valence-corrected chi connectivity index (χ4v) is 1.86. The van der Waals surface area contributed by atoms with Crippen LogP contribution < -0.4 is 11.1 Å². The third-order valence-electron chi connectivity index (χ3n) is 2.85. The van der Waals surface area contributed by atoms with E-state index < -0.39 is 23.7 Å². The van der Waals surface area contributed by atoms with Crippen LogP contribution in [0.3, 0.4) is 0 Å². The van der Waals surface area contributed by atoms with Crippen LogP contribution in [-0.4, -0.2) is 21.6 Å². The van der Waals surface area contributed by atoms with Crippen LogP contribution in [0.25, 0.3) is 0 Å². The fourth-order valence-electron chi connectivity index (χ4n) is 1.86. The second-order valence-electron chi connectivity index (χ2n) is 4.78. The zero-order valence-corrected chi connectivity index (χ0v) is 11.8. The van der Waals surface area contributed by atoms with Crippen LogP contribution in [0.4, 0.5) is 18.9 Å². The van der Waals surface area contributed by atoms with Crippen molar-refractivity contribution in [3.63, 3.8) is 0 Å². The number of nitrogens with zero attached hydrogens (tertiary/aromatic N) is 2. The SMILES string of the molecule is NC(=O)Cc1ccc(NC(=O)Cn2ccc(C(F)(F)F)n2)cc1. The van der Waals surface area contributed by atoms with E-state index >= 15 is 0 Å². The molecule has 0 aliphatic rings. The second-order valence-corrected chi connectivity index (χ2v) is 4.78. The van der Waals surface area contributed by atoms with Gasteiger partial charge in [-0.2, -0.15) is 18.3 Å². The Morgan fingerprint density at radius 3 is 2.35 bits per heavy atom. The van der Waals surface area contributed by atoms with Crippen LogP contribution in [0.2, 0.25) is 0 Å². The van der Waals surface area contributed by atoms with Crippen LogP contribution in [0, 0.1) is 0 Å². The summed E-state index contributed by atoms with van der Waals surface area (Å²) in [7, 11) is 0. The Bertz CT molecular complexity index is 708. The highest BCUT2D eigenvalue weighted by atomic mass is 19.4. The van der Waals surface area contributed by atoms with E-state index in [0.717, 1.165) is 16.9 Å². The number of halogens is 3. The van der Waals surface area contributed by atoms with Crippen LogP contribution in [0.5, 0.6) is 0 Å². The first-order valence-corrected chi connectivity index (χ1v) is 6.52. The van der Waals surface area contributed by atoms with Crippen molar-refractivity contribution in [2.45, 2.75) is 19.1 Å². The van der Waals surface area contributed by atoms with Crippen molar-refractivity contribution in [1.82, 2.24) is 9.78 Å².